The van der Waals surface area contributed by atoms with Gasteiger partial charge in [0.15, 0.2) is 0 Å². The van der Waals surface area contributed by atoms with Gasteiger partial charge in [-0.15, -0.1) is 0 Å². The summed E-state index contributed by atoms with van der Waals surface area (Å²) in [7, 11) is 1.80. The van der Waals surface area contributed by atoms with Gasteiger partial charge in [0.1, 0.15) is 0 Å². The lowest BCUT2D eigenvalue weighted by Crippen LogP contribution is -2.37. The SMILES string of the molecule is Cn1c(CN2CCCC2Cn2ncccc2=O)cccc1=O. The van der Waals surface area contributed by atoms with Crippen LogP contribution in [0.1, 0.15) is 18.5 Å². The Balaban J connectivity index is 1.76. The van der Waals surface area contributed by atoms with E-state index in [4.69, 9.17) is 0 Å². The van der Waals surface area contributed by atoms with Crippen molar-refractivity contribution in [1.82, 2.24) is 19.2 Å². The van der Waals surface area contributed by atoms with Crippen molar-refractivity contribution < 1.29 is 0 Å². The molecule has 2 aromatic rings. The van der Waals surface area contributed by atoms with E-state index in [1.807, 2.05) is 6.07 Å². The van der Waals surface area contributed by atoms with Crippen LogP contribution in [0.5, 0.6) is 0 Å². The quantitative estimate of drug-likeness (QED) is 0.830. The Hall–Kier alpha value is -2.21. The van der Waals surface area contributed by atoms with E-state index in [2.05, 4.69) is 10.00 Å². The van der Waals surface area contributed by atoms with E-state index in [1.54, 1.807) is 36.0 Å². The molecule has 1 unspecified atom stereocenters. The van der Waals surface area contributed by atoms with E-state index in [1.165, 1.54) is 10.7 Å². The summed E-state index contributed by atoms with van der Waals surface area (Å²) in [4.78, 5) is 25.9. The van der Waals surface area contributed by atoms with E-state index in [-0.39, 0.29) is 17.2 Å². The molecule has 0 aromatic carbocycles. The van der Waals surface area contributed by atoms with Crippen molar-refractivity contribution >= 4 is 0 Å². The first-order chi connectivity index (χ1) is 10.6. The Morgan fingerprint density at radius 3 is 2.82 bits per heavy atom. The van der Waals surface area contributed by atoms with Crippen LogP contribution in [-0.2, 0) is 20.1 Å². The predicted octanol–water partition coefficient (Wildman–Crippen LogP) is 0.607. The maximum Gasteiger partial charge on any atom is 0.266 e. The van der Waals surface area contributed by atoms with Gasteiger partial charge in [-0.3, -0.25) is 14.5 Å². The van der Waals surface area contributed by atoms with Crippen LogP contribution >= 0.6 is 0 Å². The minimum atomic E-state index is -0.0681. The van der Waals surface area contributed by atoms with E-state index < -0.39 is 0 Å². The van der Waals surface area contributed by atoms with Crippen LogP contribution < -0.4 is 11.1 Å². The standard InChI is InChI=1S/C16H20N4O2/c1-18-13(5-2-7-15(18)21)11-19-10-4-6-14(19)12-20-16(22)8-3-9-17-20/h2-3,5,7-9,14H,4,6,10-12H2,1H3. The Morgan fingerprint density at radius 2 is 2.00 bits per heavy atom. The second kappa shape index (κ2) is 6.27. The van der Waals surface area contributed by atoms with Gasteiger partial charge >= 0.3 is 0 Å². The molecule has 0 spiro atoms. The summed E-state index contributed by atoms with van der Waals surface area (Å²) in [5.41, 5.74) is 0.934. The molecule has 0 aliphatic carbocycles. The molecule has 0 saturated carbocycles. The Kier molecular flexibility index (Phi) is 4.20. The van der Waals surface area contributed by atoms with Crippen LogP contribution in [0.25, 0.3) is 0 Å². The largest absolute Gasteiger partial charge is 0.314 e. The van der Waals surface area contributed by atoms with Crippen LogP contribution in [0.3, 0.4) is 0 Å². The molecule has 2 aromatic heterocycles. The fourth-order valence-electron chi connectivity index (χ4n) is 3.01. The van der Waals surface area contributed by atoms with Crippen molar-refractivity contribution in [2.75, 3.05) is 6.54 Å². The average molecular weight is 300 g/mol. The molecule has 1 atom stereocenters. The molecule has 1 saturated heterocycles. The maximum atomic E-state index is 11.8. The molecular formula is C16H20N4O2. The van der Waals surface area contributed by atoms with Gasteiger partial charge in [0.2, 0.25) is 5.56 Å². The predicted molar refractivity (Wildman–Crippen MR) is 83.6 cm³/mol. The van der Waals surface area contributed by atoms with Crippen LogP contribution in [-0.4, -0.2) is 31.8 Å². The molecule has 0 amide bonds. The summed E-state index contributed by atoms with van der Waals surface area (Å²) in [5.74, 6) is 0. The highest BCUT2D eigenvalue weighted by Crippen LogP contribution is 2.20. The van der Waals surface area contributed by atoms with Gasteiger partial charge in [-0.2, -0.15) is 5.10 Å². The van der Waals surface area contributed by atoms with E-state index >= 15 is 0 Å². The number of hydrogen-bond donors (Lipinski definition) is 0. The third-order valence-corrected chi connectivity index (χ3v) is 4.32. The third kappa shape index (κ3) is 3.01. The molecule has 1 fully saturated rings. The van der Waals surface area contributed by atoms with E-state index in [0.29, 0.717) is 6.54 Å². The highest BCUT2D eigenvalue weighted by Gasteiger charge is 2.25. The number of nitrogens with zero attached hydrogens (tertiary/aromatic N) is 4. The van der Waals surface area contributed by atoms with E-state index in [0.717, 1.165) is 31.6 Å². The topological polar surface area (TPSA) is 60.1 Å². The van der Waals surface area contributed by atoms with Crippen LogP contribution in [0, 0.1) is 0 Å². The van der Waals surface area contributed by atoms with Gasteiger partial charge in [0.25, 0.3) is 5.56 Å². The zero-order valence-corrected chi connectivity index (χ0v) is 12.7. The summed E-state index contributed by atoms with van der Waals surface area (Å²) in [6.45, 7) is 2.30. The molecular weight excluding hydrogens is 280 g/mol. The zero-order chi connectivity index (χ0) is 15.5. The second-order valence-corrected chi connectivity index (χ2v) is 5.72. The first kappa shape index (κ1) is 14.7. The van der Waals surface area contributed by atoms with Crippen molar-refractivity contribution in [2.45, 2.75) is 32.0 Å². The molecule has 116 valence electrons. The maximum absolute atomic E-state index is 11.8. The Bertz CT molecular complexity index is 765. The molecule has 6 nitrogen and oxygen atoms in total. The van der Waals surface area contributed by atoms with Crippen LogP contribution in [0.4, 0.5) is 0 Å². The van der Waals surface area contributed by atoms with Crippen molar-refractivity contribution in [1.29, 1.82) is 0 Å². The minimum Gasteiger partial charge on any atom is -0.314 e. The van der Waals surface area contributed by atoms with Crippen LogP contribution in [0.2, 0.25) is 0 Å². The highest BCUT2D eigenvalue weighted by molar-refractivity contribution is 5.07. The second-order valence-electron chi connectivity index (χ2n) is 5.72. The minimum absolute atomic E-state index is 0.00851. The van der Waals surface area contributed by atoms with Crippen molar-refractivity contribution in [3.05, 3.63) is 62.9 Å². The first-order valence-corrected chi connectivity index (χ1v) is 7.56. The molecule has 22 heavy (non-hydrogen) atoms. The number of likely N-dealkylation sites (tertiary alicyclic amines) is 1. The molecule has 3 rings (SSSR count). The summed E-state index contributed by atoms with van der Waals surface area (Å²) in [5, 5.41) is 4.14. The Labute approximate surface area is 128 Å². The van der Waals surface area contributed by atoms with Crippen molar-refractivity contribution in [3.8, 4) is 0 Å². The van der Waals surface area contributed by atoms with Gasteiger partial charge < -0.3 is 4.57 Å². The van der Waals surface area contributed by atoms with Gasteiger partial charge in [-0.05, 0) is 31.5 Å². The summed E-state index contributed by atoms with van der Waals surface area (Å²) in [6.07, 6.45) is 3.79. The average Bonchev–Trinajstić information content (AvgIpc) is 2.93. The Morgan fingerprint density at radius 1 is 1.18 bits per heavy atom. The fourth-order valence-corrected chi connectivity index (χ4v) is 3.01. The molecule has 1 aliphatic heterocycles. The number of rotatable bonds is 4. The summed E-state index contributed by atoms with van der Waals surface area (Å²) in [6, 6.07) is 8.81. The van der Waals surface area contributed by atoms with Gasteiger partial charge in [0, 0.05) is 43.7 Å². The highest BCUT2D eigenvalue weighted by atomic mass is 16.1. The van der Waals surface area contributed by atoms with Crippen molar-refractivity contribution in [2.24, 2.45) is 7.05 Å². The van der Waals surface area contributed by atoms with E-state index in [9.17, 15) is 9.59 Å². The molecule has 3 heterocycles. The lowest BCUT2D eigenvalue weighted by atomic mass is 10.2. The molecule has 0 radical (unpaired) electrons. The smallest absolute Gasteiger partial charge is 0.266 e. The summed E-state index contributed by atoms with van der Waals surface area (Å²) < 4.78 is 3.20. The van der Waals surface area contributed by atoms with Gasteiger partial charge in [-0.1, -0.05) is 6.07 Å². The number of aromatic nitrogens is 3. The fraction of sp³-hybridized carbons (Fsp3) is 0.438. The first-order valence-electron chi connectivity index (χ1n) is 7.56. The number of hydrogen-bond acceptors (Lipinski definition) is 4. The molecule has 1 aliphatic rings. The molecule has 0 N–H and O–H groups in total. The zero-order valence-electron chi connectivity index (χ0n) is 12.7. The lowest BCUT2D eigenvalue weighted by molar-refractivity contribution is 0.212. The van der Waals surface area contributed by atoms with Gasteiger partial charge in [-0.25, -0.2) is 4.68 Å². The van der Waals surface area contributed by atoms with Crippen LogP contribution in [0.15, 0.2) is 46.1 Å². The third-order valence-electron chi connectivity index (χ3n) is 4.32. The van der Waals surface area contributed by atoms with Crippen molar-refractivity contribution in [3.63, 3.8) is 0 Å². The monoisotopic (exact) mass is 300 g/mol. The lowest BCUT2D eigenvalue weighted by Gasteiger charge is -2.25. The number of pyridine rings is 1. The normalized spacial score (nSPS) is 18.7. The molecule has 0 bridgehead atoms. The molecule has 6 heteroatoms. The van der Waals surface area contributed by atoms with Gasteiger partial charge in [0.05, 0.1) is 6.54 Å². The summed E-state index contributed by atoms with van der Waals surface area (Å²) >= 11 is 0.